The third-order valence-corrected chi connectivity index (χ3v) is 2.66. The highest BCUT2D eigenvalue weighted by atomic mass is 35.5. The molecule has 1 aromatic rings. The van der Waals surface area contributed by atoms with E-state index >= 15 is 0 Å². The molecule has 0 aliphatic rings. The minimum Gasteiger partial charge on any atom is -0.478 e. The molecule has 74 valence electrons. The van der Waals surface area contributed by atoms with Gasteiger partial charge in [-0.1, -0.05) is 18.2 Å². The Kier molecular flexibility index (Phi) is 3.98. The highest BCUT2D eigenvalue weighted by Crippen LogP contribution is 2.19. The van der Waals surface area contributed by atoms with Crippen LogP contribution in [0.3, 0.4) is 0 Å². The summed E-state index contributed by atoms with van der Waals surface area (Å²) >= 11 is 6.92. The van der Waals surface area contributed by atoms with Crippen molar-refractivity contribution in [2.45, 2.75) is 5.03 Å². The van der Waals surface area contributed by atoms with Gasteiger partial charge >= 0.3 is 5.97 Å². The average Bonchev–Trinajstić information content (AvgIpc) is 2.15. The van der Waals surface area contributed by atoms with Crippen molar-refractivity contribution >= 4 is 29.3 Å². The third-order valence-electron chi connectivity index (χ3n) is 1.36. The lowest BCUT2D eigenvalue weighted by Gasteiger charge is -1.99. The molecule has 5 heteroatoms. The number of thioether (sulfide) groups is 1. The van der Waals surface area contributed by atoms with E-state index in [1.54, 1.807) is 0 Å². The predicted molar refractivity (Wildman–Crippen MR) is 56.9 cm³/mol. The number of halogens is 1. The zero-order valence-electron chi connectivity index (χ0n) is 7.24. The first-order chi connectivity index (χ1) is 6.59. The van der Waals surface area contributed by atoms with Crippen molar-refractivity contribution < 1.29 is 9.90 Å². The smallest absolute Gasteiger partial charge is 0.335 e. The van der Waals surface area contributed by atoms with E-state index in [1.807, 2.05) is 0 Å². The molecule has 0 aromatic carbocycles. The van der Waals surface area contributed by atoms with Gasteiger partial charge in [0.2, 0.25) is 0 Å². The zero-order chi connectivity index (χ0) is 10.6. The van der Waals surface area contributed by atoms with Gasteiger partial charge in [-0.2, -0.15) is 0 Å². The number of aromatic nitrogens is 1. The second kappa shape index (κ2) is 5.02. The maximum atomic E-state index is 10.6. The number of hydrogen-bond acceptors (Lipinski definition) is 3. The molecular formula is C9H8ClNO2S. The third kappa shape index (κ3) is 3.40. The number of carboxylic acids is 1. The van der Waals surface area contributed by atoms with Gasteiger partial charge in [-0.3, -0.25) is 0 Å². The summed E-state index contributed by atoms with van der Waals surface area (Å²) in [4.78, 5) is 14.6. The molecule has 0 spiro atoms. The number of hydrogen-bond donors (Lipinski definition) is 1. The monoisotopic (exact) mass is 229 g/mol. The van der Waals surface area contributed by atoms with E-state index in [0.717, 1.165) is 0 Å². The summed E-state index contributed by atoms with van der Waals surface area (Å²) in [5.41, 5.74) is 0.225. The SMILES string of the molecule is C=C(Cl)CSc1cc(C(=O)O)ccn1. The fourth-order valence-corrected chi connectivity index (χ4v) is 1.59. The predicted octanol–water partition coefficient (Wildman–Crippen LogP) is 2.62. The van der Waals surface area contributed by atoms with Gasteiger partial charge in [0.1, 0.15) is 0 Å². The highest BCUT2D eigenvalue weighted by Gasteiger charge is 2.04. The lowest BCUT2D eigenvalue weighted by Crippen LogP contribution is -1.96. The molecule has 1 heterocycles. The molecule has 1 N–H and O–H groups in total. The lowest BCUT2D eigenvalue weighted by atomic mass is 10.3. The van der Waals surface area contributed by atoms with Crippen molar-refractivity contribution in [1.29, 1.82) is 0 Å². The number of rotatable bonds is 4. The lowest BCUT2D eigenvalue weighted by molar-refractivity contribution is 0.0696. The maximum Gasteiger partial charge on any atom is 0.335 e. The van der Waals surface area contributed by atoms with E-state index in [1.165, 1.54) is 30.1 Å². The van der Waals surface area contributed by atoms with Crippen LogP contribution in [0, 0.1) is 0 Å². The molecule has 0 unspecified atom stereocenters. The van der Waals surface area contributed by atoms with E-state index in [0.29, 0.717) is 15.8 Å². The highest BCUT2D eigenvalue weighted by molar-refractivity contribution is 7.99. The first kappa shape index (κ1) is 11.1. The van der Waals surface area contributed by atoms with Gasteiger partial charge in [-0.25, -0.2) is 9.78 Å². The molecule has 0 radical (unpaired) electrons. The molecule has 0 aliphatic carbocycles. The average molecular weight is 230 g/mol. The van der Waals surface area contributed by atoms with Crippen molar-refractivity contribution in [2.24, 2.45) is 0 Å². The topological polar surface area (TPSA) is 50.2 Å². The zero-order valence-corrected chi connectivity index (χ0v) is 8.81. The van der Waals surface area contributed by atoms with Crippen LogP contribution in [0.4, 0.5) is 0 Å². The normalized spacial score (nSPS) is 9.79. The van der Waals surface area contributed by atoms with Crippen molar-refractivity contribution in [3.63, 3.8) is 0 Å². The molecule has 0 fully saturated rings. The molecule has 1 aromatic heterocycles. The Labute approximate surface area is 90.8 Å². The van der Waals surface area contributed by atoms with Gasteiger partial charge in [0, 0.05) is 17.0 Å². The largest absolute Gasteiger partial charge is 0.478 e. The Hall–Kier alpha value is -1.00. The summed E-state index contributed by atoms with van der Waals surface area (Å²) in [7, 11) is 0. The van der Waals surface area contributed by atoms with Gasteiger partial charge in [0.05, 0.1) is 10.6 Å². The van der Waals surface area contributed by atoms with Gasteiger partial charge in [-0.15, -0.1) is 11.8 Å². The van der Waals surface area contributed by atoms with E-state index in [9.17, 15) is 4.79 Å². The number of nitrogens with zero attached hydrogens (tertiary/aromatic N) is 1. The van der Waals surface area contributed by atoms with Crippen LogP contribution in [0.25, 0.3) is 0 Å². The van der Waals surface area contributed by atoms with Crippen LogP contribution >= 0.6 is 23.4 Å². The minimum absolute atomic E-state index is 0.225. The van der Waals surface area contributed by atoms with E-state index in [4.69, 9.17) is 16.7 Å². The standard InChI is InChI=1S/C9H8ClNO2S/c1-6(10)5-14-8-4-7(9(12)13)2-3-11-8/h2-4H,1,5H2,(H,12,13). The van der Waals surface area contributed by atoms with Crippen LogP contribution in [-0.4, -0.2) is 21.8 Å². The van der Waals surface area contributed by atoms with Crippen molar-refractivity contribution in [2.75, 3.05) is 5.75 Å². The first-order valence-electron chi connectivity index (χ1n) is 3.75. The van der Waals surface area contributed by atoms with Crippen molar-refractivity contribution in [1.82, 2.24) is 4.98 Å². The van der Waals surface area contributed by atoms with Crippen LogP contribution < -0.4 is 0 Å². The van der Waals surface area contributed by atoms with E-state index in [-0.39, 0.29) is 5.56 Å². The molecule has 14 heavy (non-hydrogen) atoms. The summed E-state index contributed by atoms with van der Waals surface area (Å²) in [5, 5.41) is 9.85. The fraction of sp³-hybridized carbons (Fsp3) is 0.111. The second-order valence-electron chi connectivity index (χ2n) is 2.49. The van der Waals surface area contributed by atoms with E-state index in [2.05, 4.69) is 11.6 Å². The van der Waals surface area contributed by atoms with Gasteiger partial charge in [0.15, 0.2) is 0 Å². The van der Waals surface area contributed by atoms with E-state index < -0.39 is 5.97 Å². The number of pyridine rings is 1. The molecule has 0 saturated carbocycles. The second-order valence-corrected chi connectivity index (χ2v) is 4.02. The van der Waals surface area contributed by atoms with Crippen molar-refractivity contribution in [3.8, 4) is 0 Å². The van der Waals surface area contributed by atoms with Gasteiger partial charge < -0.3 is 5.11 Å². The number of aromatic carboxylic acids is 1. The summed E-state index contributed by atoms with van der Waals surface area (Å²) in [5.74, 6) is -0.434. The Morgan fingerprint density at radius 2 is 2.43 bits per heavy atom. The van der Waals surface area contributed by atoms with Crippen molar-refractivity contribution in [3.05, 3.63) is 35.5 Å². The minimum atomic E-state index is -0.959. The number of carboxylic acid groups (broad SMARTS) is 1. The summed E-state index contributed by atoms with van der Waals surface area (Å²) < 4.78 is 0. The van der Waals surface area contributed by atoms with Gasteiger partial charge in [-0.05, 0) is 12.1 Å². The molecular weight excluding hydrogens is 222 g/mol. The molecule has 0 amide bonds. The molecule has 1 rings (SSSR count). The molecule has 0 aliphatic heterocycles. The molecule has 0 saturated heterocycles. The Morgan fingerprint density at radius 1 is 1.71 bits per heavy atom. The number of carbonyl (C=O) groups is 1. The Balaban J connectivity index is 2.73. The van der Waals surface area contributed by atoms with Crippen LogP contribution in [0.1, 0.15) is 10.4 Å². The quantitative estimate of drug-likeness (QED) is 0.807. The van der Waals surface area contributed by atoms with Crippen LogP contribution in [0.5, 0.6) is 0 Å². The fourth-order valence-electron chi connectivity index (χ4n) is 0.774. The Bertz CT molecular complexity index is 368. The van der Waals surface area contributed by atoms with Crippen LogP contribution in [0.15, 0.2) is 35.0 Å². The maximum absolute atomic E-state index is 10.6. The summed E-state index contributed by atoms with van der Waals surface area (Å²) in [6, 6.07) is 2.95. The van der Waals surface area contributed by atoms with Crippen LogP contribution in [0.2, 0.25) is 0 Å². The van der Waals surface area contributed by atoms with Gasteiger partial charge in [0.25, 0.3) is 0 Å². The summed E-state index contributed by atoms with van der Waals surface area (Å²) in [6.07, 6.45) is 1.46. The Morgan fingerprint density at radius 3 is 3.00 bits per heavy atom. The molecule has 0 atom stereocenters. The van der Waals surface area contributed by atoms with Crippen LogP contribution in [-0.2, 0) is 0 Å². The molecule has 0 bridgehead atoms. The molecule has 3 nitrogen and oxygen atoms in total. The summed E-state index contributed by atoms with van der Waals surface area (Å²) in [6.45, 7) is 3.53. The first-order valence-corrected chi connectivity index (χ1v) is 5.11.